The van der Waals surface area contributed by atoms with Crippen LogP contribution in [0.4, 0.5) is 8.78 Å². The van der Waals surface area contributed by atoms with Gasteiger partial charge in [0, 0.05) is 6.07 Å². The third-order valence-corrected chi connectivity index (χ3v) is 2.38. The monoisotopic (exact) mass is 264 g/mol. The van der Waals surface area contributed by atoms with Gasteiger partial charge < -0.3 is 15.7 Å². The quantitative estimate of drug-likeness (QED) is 0.387. The zero-order chi connectivity index (χ0) is 13.8. The zero-order valence-electron chi connectivity index (χ0n) is 9.68. The smallest absolute Gasteiger partial charge is 0.173 e. The highest BCUT2D eigenvalue weighted by atomic mass is 19.1. The van der Waals surface area contributed by atoms with Crippen LogP contribution in [0, 0.1) is 11.6 Å². The number of hydrogen-bond donors (Lipinski definition) is 2. The van der Waals surface area contributed by atoms with Crippen molar-refractivity contribution in [2.24, 2.45) is 10.9 Å². The summed E-state index contributed by atoms with van der Waals surface area (Å²) in [7, 11) is 0. The standard InChI is InChI=1S/C13H10F2N2O2/c14-8-5-6-12(10(15)7-8)19-11-4-2-1-3-9(11)13(16)17-18/h1-7,18H,(H2,16,17). The van der Waals surface area contributed by atoms with E-state index in [0.29, 0.717) is 11.6 Å². The van der Waals surface area contributed by atoms with Crippen LogP contribution in [0.25, 0.3) is 0 Å². The van der Waals surface area contributed by atoms with Crippen LogP contribution in [0.2, 0.25) is 0 Å². The summed E-state index contributed by atoms with van der Waals surface area (Å²) in [6, 6.07) is 9.31. The third-order valence-electron chi connectivity index (χ3n) is 2.38. The molecule has 2 rings (SSSR count). The van der Waals surface area contributed by atoms with Crippen LogP contribution in [0.15, 0.2) is 47.6 Å². The van der Waals surface area contributed by atoms with E-state index < -0.39 is 11.6 Å². The van der Waals surface area contributed by atoms with Crippen molar-refractivity contribution in [1.29, 1.82) is 0 Å². The first kappa shape index (κ1) is 12.8. The summed E-state index contributed by atoms with van der Waals surface area (Å²) in [5, 5.41) is 11.5. The van der Waals surface area contributed by atoms with Crippen LogP contribution in [0.5, 0.6) is 11.5 Å². The molecule has 0 fully saturated rings. The molecule has 0 radical (unpaired) electrons. The number of benzene rings is 2. The molecule has 0 saturated heterocycles. The highest BCUT2D eigenvalue weighted by Crippen LogP contribution is 2.27. The maximum absolute atomic E-state index is 13.5. The molecule has 98 valence electrons. The molecule has 2 aromatic carbocycles. The summed E-state index contributed by atoms with van der Waals surface area (Å²) >= 11 is 0. The molecule has 2 aromatic rings. The number of para-hydroxylation sites is 1. The second kappa shape index (κ2) is 5.34. The Balaban J connectivity index is 2.38. The van der Waals surface area contributed by atoms with Crippen molar-refractivity contribution in [2.75, 3.05) is 0 Å². The molecule has 0 bridgehead atoms. The van der Waals surface area contributed by atoms with Crippen LogP contribution in [0.1, 0.15) is 5.56 Å². The Morgan fingerprint density at radius 2 is 1.84 bits per heavy atom. The van der Waals surface area contributed by atoms with Gasteiger partial charge in [0.1, 0.15) is 11.6 Å². The van der Waals surface area contributed by atoms with Crippen molar-refractivity contribution >= 4 is 5.84 Å². The van der Waals surface area contributed by atoms with Crippen LogP contribution >= 0.6 is 0 Å². The van der Waals surface area contributed by atoms with E-state index in [-0.39, 0.29) is 17.3 Å². The van der Waals surface area contributed by atoms with Gasteiger partial charge in [-0.25, -0.2) is 8.78 Å². The van der Waals surface area contributed by atoms with E-state index in [1.165, 1.54) is 6.07 Å². The van der Waals surface area contributed by atoms with Crippen LogP contribution in [-0.4, -0.2) is 11.0 Å². The average Bonchev–Trinajstić information content (AvgIpc) is 2.41. The van der Waals surface area contributed by atoms with E-state index in [0.717, 1.165) is 12.1 Å². The highest BCUT2D eigenvalue weighted by molar-refractivity contribution is 5.99. The molecule has 0 spiro atoms. The van der Waals surface area contributed by atoms with Gasteiger partial charge >= 0.3 is 0 Å². The Labute approximate surface area is 107 Å². The van der Waals surface area contributed by atoms with Crippen molar-refractivity contribution in [3.8, 4) is 11.5 Å². The summed E-state index contributed by atoms with van der Waals surface area (Å²) in [6.45, 7) is 0. The molecule has 0 amide bonds. The Morgan fingerprint density at radius 1 is 1.11 bits per heavy atom. The summed E-state index contributed by atoms with van der Waals surface area (Å²) in [4.78, 5) is 0. The Bertz CT molecular complexity index is 630. The van der Waals surface area contributed by atoms with Gasteiger partial charge in [0.05, 0.1) is 5.56 Å². The largest absolute Gasteiger partial charge is 0.454 e. The molecule has 0 saturated carbocycles. The average molecular weight is 264 g/mol. The fourth-order valence-corrected chi connectivity index (χ4v) is 1.50. The summed E-state index contributed by atoms with van der Waals surface area (Å²) in [5.74, 6) is -1.66. The lowest BCUT2D eigenvalue weighted by Crippen LogP contribution is -2.14. The molecule has 4 nitrogen and oxygen atoms in total. The van der Waals surface area contributed by atoms with Gasteiger partial charge in [0.2, 0.25) is 0 Å². The number of hydrogen-bond acceptors (Lipinski definition) is 3. The number of nitrogens with two attached hydrogens (primary N) is 1. The molecule has 0 atom stereocenters. The minimum absolute atomic E-state index is 0.153. The fourth-order valence-electron chi connectivity index (χ4n) is 1.50. The van der Waals surface area contributed by atoms with E-state index in [1.807, 2.05) is 0 Å². The van der Waals surface area contributed by atoms with E-state index in [2.05, 4.69) is 5.16 Å². The molecular weight excluding hydrogens is 254 g/mol. The summed E-state index contributed by atoms with van der Waals surface area (Å²) in [6.07, 6.45) is 0. The molecule has 0 heterocycles. The molecule has 0 aliphatic rings. The van der Waals surface area contributed by atoms with Crippen LogP contribution in [-0.2, 0) is 0 Å². The molecule has 0 unspecified atom stereocenters. The molecule has 3 N–H and O–H groups in total. The first-order valence-electron chi connectivity index (χ1n) is 5.31. The topological polar surface area (TPSA) is 67.8 Å². The van der Waals surface area contributed by atoms with E-state index in [4.69, 9.17) is 15.7 Å². The molecule has 0 aliphatic carbocycles. The van der Waals surface area contributed by atoms with Crippen molar-refractivity contribution in [1.82, 2.24) is 0 Å². The zero-order valence-corrected chi connectivity index (χ0v) is 9.68. The van der Waals surface area contributed by atoms with Crippen LogP contribution < -0.4 is 10.5 Å². The SMILES string of the molecule is N/C(=N\O)c1ccccc1Oc1ccc(F)cc1F. The number of rotatable bonds is 3. The van der Waals surface area contributed by atoms with Gasteiger partial charge in [0.15, 0.2) is 17.4 Å². The maximum atomic E-state index is 13.5. The van der Waals surface area contributed by atoms with Crippen molar-refractivity contribution in [2.45, 2.75) is 0 Å². The second-order valence-electron chi connectivity index (χ2n) is 3.66. The first-order chi connectivity index (χ1) is 9.11. The lowest BCUT2D eigenvalue weighted by atomic mass is 10.2. The minimum atomic E-state index is -0.839. The number of halogens is 2. The Hall–Kier alpha value is -2.63. The fraction of sp³-hybridized carbons (Fsp3) is 0. The van der Waals surface area contributed by atoms with Crippen molar-refractivity contribution in [3.63, 3.8) is 0 Å². The Kier molecular flexibility index (Phi) is 3.61. The summed E-state index contributed by atoms with van der Waals surface area (Å²) < 4.78 is 31.6. The number of amidine groups is 1. The lowest BCUT2D eigenvalue weighted by molar-refractivity contribution is 0.318. The van der Waals surface area contributed by atoms with E-state index in [1.54, 1.807) is 18.2 Å². The number of ether oxygens (including phenoxy) is 1. The predicted molar refractivity (Wildman–Crippen MR) is 65.4 cm³/mol. The van der Waals surface area contributed by atoms with Gasteiger partial charge in [-0.15, -0.1) is 0 Å². The van der Waals surface area contributed by atoms with Crippen molar-refractivity contribution in [3.05, 3.63) is 59.7 Å². The Morgan fingerprint density at radius 3 is 2.53 bits per heavy atom. The predicted octanol–water partition coefficient (Wildman–Crippen LogP) is 2.85. The lowest BCUT2D eigenvalue weighted by Gasteiger charge is -2.10. The van der Waals surface area contributed by atoms with Crippen molar-refractivity contribution < 1.29 is 18.7 Å². The molecular formula is C13H10F2N2O2. The number of oxime groups is 1. The molecule has 19 heavy (non-hydrogen) atoms. The summed E-state index contributed by atoms with van der Waals surface area (Å²) in [5.41, 5.74) is 5.78. The second-order valence-corrected chi connectivity index (χ2v) is 3.66. The van der Waals surface area contributed by atoms with Gasteiger partial charge in [0.25, 0.3) is 0 Å². The van der Waals surface area contributed by atoms with Gasteiger partial charge in [-0.2, -0.15) is 0 Å². The number of nitrogens with zero attached hydrogens (tertiary/aromatic N) is 1. The van der Waals surface area contributed by atoms with E-state index in [9.17, 15) is 8.78 Å². The van der Waals surface area contributed by atoms with Gasteiger partial charge in [-0.05, 0) is 24.3 Å². The van der Waals surface area contributed by atoms with E-state index >= 15 is 0 Å². The minimum Gasteiger partial charge on any atom is -0.454 e. The normalized spacial score (nSPS) is 11.4. The molecule has 0 aromatic heterocycles. The molecule has 6 heteroatoms. The third kappa shape index (κ3) is 2.79. The van der Waals surface area contributed by atoms with Gasteiger partial charge in [-0.3, -0.25) is 0 Å². The molecule has 0 aliphatic heterocycles. The van der Waals surface area contributed by atoms with Gasteiger partial charge in [-0.1, -0.05) is 17.3 Å². The highest BCUT2D eigenvalue weighted by Gasteiger charge is 2.11. The van der Waals surface area contributed by atoms with Crippen LogP contribution in [0.3, 0.4) is 0 Å². The first-order valence-corrected chi connectivity index (χ1v) is 5.31. The maximum Gasteiger partial charge on any atom is 0.173 e.